The monoisotopic (exact) mass is 289 g/mol. The zero-order valence-corrected chi connectivity index (χ0v) is 10.9. The number of carbonyl (C=O) groups excluding carboxylic acids is 1. The number of rotatable bonds is 4. The summed E-state index contributed by atoms with van der Waals surface area (Å²) >= 11 is 9.23. The van der Waals surface area contributed by atoms with Crippen molar-refractivity contribution in [1.82, 2.24) is 5.32 Å². The van der Waals surface area contributed by atoms with Crippen molar-refractivity contribution in [3.05, 3.63) is 33.3 Å². The molecule has 1 aromatic carbocycles. The molecule has 0 fully saturated rings. The van der Waals surface area contributed by atoms with Gasteiger partial charge in [-0.15, -0.1) is 0 Å². The fraction of sp³-hybridized carbons (Fsp3) is 0.364. The Kier molecular flexibility index (Phi) is 5.12. The van der Waals surface area contributed by atoms with Gasteiger partial charge in [-0.25, -0.2) is 0 Å². The number of hydrogen-bond donors (Lipinski definition) is 1. The van der Waals surface area contributed by atoms with Crippen LogP contribution in [0.4, 0.5) is 0 Å². The first-order chi connectivity index (χ1) is 7.15. The van der Waals surface area contributed by atoms with E-state index in [0.717, 1.165) is 17.3 Å². The quantitative estimate of drug-likeness (QED) is 0.843. The Morgan fingerprint density at radius 3 is 2.93 bits per heavy atom. The first-order valence-electron chi connectivity index (χ1n) is 4.88. The van der Waals surface area contributed by atoms with Crippen LogP contribution in [-0.4, -0.2) is 12.5 Å². The highest BCUT2D eigenvalue weighted by atomic mass is 79.9. The maximum Gasteiger partial charge on any atom is 0.252 e. The van der Waals surface area contributed by atoms with E-state index in [1.54, 1.807) is 12.1 Å². The Labute approximate surface area is 103 Å². The van der Waals surface area contributed by atoms with Gasteiger partial charge in [-0.1, -0.05) is 40.9 Å². The Bertz CT molecular complexity index is 354. The van der Waals surface area contributed by atoms with Gasteiger partial charge in [0.15, 0.2) is 0 Å². The fourth-order valence-corrected chi connectivity index (χ4v) is 1.71. The molecule has 0 aliphatic rings. The fourth-order valence-electron chi connectivity index (χ4n) is 1.15. The molecule has 2 nitrogen and oxygen atoms in total. The number of unbranched alkanes of at least 4 members (excludes halogenated alkanes) is 1. The summed E-state index contributed by atoms with van der Waals surface area (Å²) in [6.45, 7) is 2.77. The van der Waals surface area contributed by atoms with E-state index in [4.69, 9.17) is 11.6 Å². The molecular formula is C11H13BrClNO. The molecule has 1 aromatic rings. The molecule has 0 spiro atoms. The summed E-state index contributed by atoms with van der Waals surface area (Å²) in [5, 5.41) is 3.30. The van der Waals surface area contributed by atoms with E-state index in [9.17, 15) is 4.79 Å². The van der Waals surface area contributed by atoms with E-state index in [1.807, 2.05) is 6.07 Å². The van der Waals surface area contributed by atoms with Crippen LogP contribution in [0.1, 0.15) is 30.1 Å². The zero-order valence-electron chi connectivity index (χ0n) is 8.52. The second-order valence-electron chi connectivity index (χ2n) is 3.23. The molecule has 0 unspecified atom stereocenters. The Morgan fingerprint density at radius 2 is 2.27 bits per heavy atom. The number of carbonyl (C=O) groups is 1. The van der Waals surface area contributed by atoms with Gasteiger partial charge in [-0.05, 0) is 24.6 Å². The first kappa shape index (κ1) is 12.5. The minimum atomic E-state index is -0.116. The molecule has 0 aliphatic carbocycles. The highest BCUT2D eigenvalue weighted by molar-refractivity contribution is 9.10. The van der Waals surface area contributed by atoms with Crippen LogP contribution in [0.15, 0.2) is 22.7 Å². The van der Waals surface area contributed by atoms with Crippen LogP contribution in [0.5, 0.6) is 0 Å². The maximum atomic E-state index is 11.7. The third kappa shape index (κ3) is 3.84. The number of amides is 1. The van der Waals surface area contributed by atoms with Crippen molar-refractivity contribution < 1.29 is 4.79 Å². The van der Waals surface area contributed by atoms with Gasteiger partial charge in [0.25, 0.3) is 5.91 Å². The van der Waals surface area contributed by atoms with Crippen LogP contribution in [-0.2, 0) is 0 Å². The maximum absolute atomic E-state index is 11.7. The van der Waals surface area contributed by atoms with Gasteiger partial charge in [0, 0.05) is 11.0 Å². The third-order valence-corrected chi connectivity index (χ3v) is 2.81. The van der Waals surface area contributed by atoms with Gasteiger partial charge in [0.05, 0.1) is 10.6 Å². The van der Waals surface area contributed by atoms with Gasteiger partial charge in [-0.2, -0.15) is 0 Å². The smallest absolute Gasteiger partial charge is 0.252 e. The van der Waals surface area contributed by atoms with Gasteiger partial charge < -0.3 is 5.32 Å². The summed E-state index contributed by atoms with van der Waals surface area (Å²) in [7, 11) is 0. The van der Waals surface area contributed by atoms with Crippen molar-refractivity contribution in [2.75, 3.05) is 6.54 Å². The summed E-state index contributed by atoms with van der Waals surface area (Å²) in [6.07, 6.45) is 2.05. The summed E-state index contributed by atoms with van der Waals surface area (Å²) in [5.41, 5.74) is 0.516. The molecule has 1 rings (SSSR count). The zero-order chi connectivity index (χ0) is 11.3. The topological polar surface area (TPSA) is 29.1 Å². The van der Waals surface area contributed by atoms with E-state index in [-0.39, 0.29) is 5.91 Å². The standard InChI is InChI=1S/C11H13BrClNO/c1-2-3-6-14-11(15)9-7-8(12)4-5-10(9)13/h4-5,7H,2-3,6H2,1H3,(H,14,15). The lowest BCUT2D eigenvalue weighted by Gasteiger charge is -2.06. The molecule has 1 N–H and O–H groups in total. The lowest BCUT2D eigenvalue weighted by Crippen LogP contribution is -2.24. The van der Waals surface area contributed by atoms with E-state index in [2.05, 4.69) is 28.2 Å². The highest BCUT2D eigenvalue weighted by Gasteiger charge is 2.09. The average molecular weight is 291 g/mol. The van der Waals surface area contributed by atoms with Crippen molar-refractivity contribution in [1.29, 1.82) is 0 Å². The normalized spacial score (nSPS) is 10.1. The Morgan fingerprint density at radius 1 is 1.53 bits per heavy atom. The third-order valence-electron chi connectivity index (χ3n) is 1.99. The van der Waals surface area contributed by atoms with Gasteiger partial charge in [-0.3, -0.25) is 4.79 Å². The molecule has 0 aliphatic heterocycles. The van der Waals surface area contributed by atoms with Crippen molar-refractivity contribution >= 4 is 33.4 Å². The highest BCUT2D eigenvalue weighted by Crippen LogP contribution is 2.20. The van der Waals surface area contributed by atoms with Crippen LogP contribution < -0.4 is 5.32 Å². The minimum absolute atomic E-state index is 0.116. The SMILES string of the molecule is CCCCNC(=O)c1cc(Br)ccc1Cl. The number of nitrogens with one attached hydrogen (secondary N) is 1. The summed E-state index contributed by atoms with van der Waals surface area (Å²) in [4.78, 5) is 11.7. The van der Waals surface area contributed by atoms with Crippen LogP contribution in [0.25, 0.3) is 0 Å². The molecular weight excluding hydrogens is 277 g/mol. The molecule has 0 saturated heterocycles. The Hall–Kier alpha value is -0.540. The number of benzene rings is 1. The van der Waals surface area contributed by atoms with Crippen molar-refractivity contribution in [2.45, 2.75) is 19.8 Å². The summed E-state index contributed by atoms with van der Waals surface area (Å²) in [6, 6.07) is 5.25. The van der Waals surface area contributed by atoms with Crippen LogP contribution >= 0.6 is 27.5 Å². The van der Waals surface area contributed by atoms with Crippen LogP contribution in [0.2, 0.25) is 5.02 Å². The van der Waals surface area contributed by atoms with E-state index < -0.39 is 0 Å². The molecule has 0 atom stereocenters. The number of hydrogen-bond acceptors (Lipinski definition) is 1. The van der Waals surface area contributed by atoms with Crippen LogP contribution in [0, 0.1) is 0 Å². The summed E-state index contributed by atoms with van der Waals surface area (Å²) in [5.74, 6) is -0.116. The minimum Gasteiger partial charge on any atom is -0.352 e. The lowest BCUT2D eigenvalue weighted by atomic mass is 10.2. The average Bonchev–Trinajstić information content (AvgIpc) is 2.22. The number of halogens is 2. The van der Waals surface area contributed by atoms with Gasteiger partial charge in [0.2, 0.25) is 0 Å². The van der Waals surface area contributed by atoms with E-state index in [0.29, 0.717) is 17.1 Å². The largest absolute Gasteiger partial charge is 0.352 e. The van der Waals surface area contributed by atoms with Crippen LogP contribution in [0.3, 0.4) is 0 Å². The second-order valence-corrected chi connectivity index (χ2v) is 4.56. The van der Waals surface area contributed by atoms with Crippen molar-refractivity contribution in [3.8, 4) is 0 Å². The molecule has 4 heteroatoms. The first-order valence-corrected chi connectivity index (χ1v) is 6.05. The van der Waals surface area contributed by atoms with E-state index >= 15 is 0 Å². The molecule has 0 heterocycles. The lowest BCUT2D eigenvalue weighted by molar-refractivity contribution is 0.0953. The summed E-state index contributed by atoms with van der Waals surface area (Å²) < 4.78 is 0.854. The predicted molar refractivity (Wildman–Crippen MR) is 66.4 cm³/mol. The molecule has 82 valence electrons. The van der Waals surface area contributed by atoms with Gasteiger partial charge >= 0.3 is 0 Å². The second kappa shape index (κ2) is 6.13. The molecule has 0 aromatic heterocycles. The van der Waals surface area contributed by atoms with Crippen molar-refractivity contribution in [2.24, 2.45) is 0 Å². The molecule has 0 saturated carbocycles. The molecule has 1 amide bonds. The van der Waals surface area contributed by atoms with Gasteiger partial charge in [0.1, 0.15) is 0 Å². The molecule has 0 bridgehead atoms. The predicted octanol–water partition coefficient (Wildman–Crippen LogP) is 3.63. The Balaban J connectivity index is 2.68. The van der Waals surface area contributed by atoms with Crippen molar-refractivity contribution in [3.63, 3.8) is 0 Å². The molecule has 15 heavy (non-hydrogen) atoms. The van der Waals surface area contributed by atoms with E-state index in [1.165, 1.54) is 0 Å². The molecule has 0 radical (unpaired) electrons.